The number of aromatic carboxylic acids is 1. The zero-order valence-electron chi connectivity index (χ0n) is 32.9. The number of hydrogen-bond acceptors (Lipinski definition) is 7. The first-order valence-corrected chi connectivity index (χ1v) is 19.2. The van der Waals surface area contributed by atoms with Gasteiger partial charge in [0.25, 0.3) is 17.0 Å². The molecule has 0 bridgehead atoms. The van der Waals surface area contributed by atoms with Crippen molar-refractivity contribution in [1.29, 1.82) is 0 Å². The molecule has 0 aliphatic carbocycles. The molecule has 0 radical (unpaired) electrons. The number of nitrogens with two attached hydrogens (primary N) is 1. The van der Waals surface area contributed by atoms with E-state index in [1.807, 2.05) is 59.7 Å². The highest BCUT2D eigenvalue weighted by atomic mass is 35.5. The Morgan fingerprint density at radius 3 is 1.65 bits per heavy atom. The Kier molecular flexibility index (Phi) is 14.1. The summed E-state index contributed by atoms with van der Waals surface area (Å²) in [4.78, 5) is 52.8. The number of carboxylic acid groups (broad SMARTS) is 1. The van der Waals surface area contributed by atoms with Crippen LogP contribution >= 0.6 is 23.2 Å². The van der Waals surface area contributed by atoms with E-state index in [9.17, 15) is 19.2 Å². The molecule has 2 aromatic heterocycles. The fourth-order valence-corrected chi connectivity index (χ4v) is 7.39. The van der Waals surface area contributed by atoms with Gasteiger partial charge in [-0.15, -0.1) is 0 Å². The van der Waals surface area contributed by atoms with Crippen LogP contribution in [0.15, 0.2) is 46.0 Å². The first kappa shape index (κ1) is 43.2. The van der Waals surface area contributed by atoms with Crippen LogP contribution in [0.1, 0.15) is 120 Å². The fourth-order valence-electron chi connectivity index (χ4n) is 6.83. The lowest BCUT2D eigenvalue weighted by atomic mass is 10.00. The lowest BCUT2D eigenvalue weighted by molar-refractivity contribution is 0.0696. The Bertz CT molecular complexity index is 2190. The van der Waals surface area contributed by atoms with Crippen molar-refractivity contribution in [1.82, 2.24) is 15.3 Å². The molecule has 11 nitrogen and oxygen atoms in total. The molecule has 2 aliphatic rings. The number of aromatic amines is 2. The minimum atomic E-state index is -0.968. The fraction of sp³-hybridized carbons (Fsp3) is 0.429. The monoisotopic (exact) mass is 794 g/mol. The van der Waals surface area contributed by atoms with E-state index >= 15 is 0 Å². The predicted molar refractivity (Wildman–Crippen MR) is 217 cm³/mol. The summed E-state index contributed by atoms with van der Waals surface area (Å²) in [5.74, 6) is 0.0429. The van der Waals surface area contributed by atoms with Crippen LogP contribution in [0, 0.1) is 13.8 Å². The lowest BCUT2D eigenvalue weighted by Gasteiger charge is -2.17. The van der Waals surface area contributed by atoms with Crippen molar-refractivity contribution in [3.63, 3.8) is 0 Å². The molecule has 2 aliphatic heterocycles. The van der Waals surface area contributed by atoms with Gasteiger partial charge in [-0.3, -0.25) is 14.4 Å². The standard InChI is InChI=1S/C21H25ClN2O3.C11H11ClO3.C10H16N2O/c1-5-6-13-7-12(2)24-20(26)16(13)11-23-19(25)14-8-15-10-21(3,4)27-18(15)17(22)9-14;1-11(2)5-7-3-6(10(13)14)4-8(12)9(7)15-11;1-3-4-8-5-7(2)12-10(13)9(8)6-11/h7-9H,5-6,10-11H2,1-4H3,(H,23,25)(H,24,26);3-4H,5H2,1-2H3,(H,13,14);5H,3-4,6,11H2,1-2H3,(H,12,13). The Balaban J connectivity index is 0.000000202. The van der Waals surface area contributed by atoms with Crippen molar-refractivity contribution in [2.24, 2.45) is 5.73 Å². The van der Waals surface area contributed by atoms with E-state index in [0.29, 0.717) is 52.1 Å². The predicted octanol–water partition coefficient (Wildman–Crippen LogP) is 7.78. The summed E-state index contributed by atoms with van der Waals surface area (Å²) in [5, 5.41) is 12.5. The van der Waals surface area contributed by atoms with Gasteiger partial charge in [0.15, 0.2) is 0 Å². The number of fused-ring (bicyclic) bond motifs is 2. The quantitative estimate of drug-likeness (QED) is 0.114. The second-order valence-electron chi connectivity index (χ2n) is 15.2. The number of pyridine rings is 2. The maximum atomic E-state index is 12.7. The highest BCUT2D eigenvalue weighted by Gasteiger charge is 2.33. The number of carbonyl (C=O) groups is 2. The third-order valence-corrected chi connectivity index (χ3v) is 9.70. The minimum Gasteiger partial charge on any atom is -0.486 e. The van der Waals surface area contributed by atoms with Crippen molar-refractivity contribution in [3.8, 4) is 11.5 Å². The van der Waals surface area contributed by atoms with Gasteiger partial charge >= 0.3 is 5.97 Å². The lowest BCUT2D eigenvalue weighted by Crippen LogP contribution is -2.28. The van der Waals surface area contributed by atoms with Crippen LogP contribution in [0.3, 0.4) is 0 Å². The van der Waals surface area contributed by atoms with Gasteiger partial charge < -0.3 is 35.6 Å². The number of nitrogens with one attached hydrogen (secondary N) is 3. The highest BCUT2D eigenvalue weighted by molar-refractivity contribution is 6.33. The summed E-state index contributed by atoms with van der Waals surface area (Å²) in [5.41, 5.74) is 12.3. The Morgan fingerprint density at radius 1 is 0.764 bits per heavy atom. The number of halogens is 2. The SMILES string of the molecule is CC1(C)Cc2cc(C(=O)O)cc(Cl)c2O1.CCCc1cc(C)[nH]c(=O)c1CN.CCCc1cc(C)[nH]c(=O)c1CNC(=O)c1cc(Cl)c2c(c1)CC(C)(C)O2. The van der Waals surface area contributed by atoms with E-state index in [0.717, 1.165) is 64.9 Å². The van der Waals surface area contributed by atoms with Gasteiger partial charge in [0.05, 0.1) is 15.6 Å². The van der Waals surface area contributed by atoms with E-state index in [4.69, 9.17) is 43.5 Å². The maximum Gasteiger partial charge on any atom is 0.335 e. The molecule has 6 N–H and O–H groups in total. The summed E-state index contributed by atoms with van der Waals surface area (Å²) < 4.78 is 11.5. The molecule has 0 saturated carbocycles. The van der Waals surface area contributed by atoms with Crippen molar-refractivity contribution in [2.45, 2.75) is 118 Å². The number of aryl methyl sites for hydroxylation is 4. The third kappa shape index (κ3) is 11.0. The summed E-state index contributed by atoms with van der Waals surface area (Å²) in [7, 11) is 0. The van der Waals surface area contributed by atoms with Crippen LogP contribution in [0.25, 0.3) is 0 Å². The molecule has 0 fully saturated rings. The molecule has 55 heavy (non-hydrogen) atoms. The van der Waals surface area contributed by atoms with E-state index in [2.05, 4.69) is 29.1 Å². The molecular formula is C42H52Cl2N4O7. The van der Waals surface area contributed by atoms with Crippen molar-refractivity contribution >= 4 is 35.1 Å². The number of amides is 1. The van der Waals surface area contributed by atoms with Gasteiger partial charge in [0.1, 0.15) is 22.7 Å². The Hall–Kier alpha value is -4.58. The molecule has 0 unspecified atom stereocenters. The number of rotatable bonds is 9. The Morgan fingerprint density at radius 2 is 1.20 bits per heavy atom. The molecule has 0 saturated heterocycles. The number of ether oxygens (including phenoxy) is 2. The number of hydrogen-bond donors (Lipinski definition) is 5. The van der Waals surface area contributed by atoms with Crippen LogP contribution in [0.2, 0.25) is 10.0 Å². The van der Waals surface area contributed by atoms with E-state index < -0.39 is 5.97 Å². The molecule has 296 valence electrons. The summed E-state index contributed by atoms with van der Waals surface area (Å²) in [6.07, 6.45) is 5.07. The van der Waals surface area contributed by atoms with Gasteiger partial charge in [-0.25, -0.2) is 4.79 Å². The average molecular weight is 796 g/mol. The molecule has 2 aromatic carbocycles. The highest BCUT2D eigenvalue weighted by Crippen LogP contribution is 2.42. The maximum absolute atomic E-state index is 12.7. The number of carboxylic acids is 1. The normalized spacial score (nSPS) is 14.2. The summed E-state index contributed by atoms with van der Waals surface area (Å²) in [6.45, 7) is 16.3. The van der Waals surface area contributed by atoms with Crippen LogP contribution in [0.5, 0.6) is 11.5 Å². The summed E-state index contributed by atoms with van der Waals surface area (Å²) in [6, 6.07) is 10.5. The van der Waals surface area contributed by atoms with Crippen molar-refractivity contribution in [3.05, 3.63) is 123 Å². The van der Waals surface area contributed by atoms with Crippen molar-refractivity contribution in [2.75, 3.05) is 0 Å². The molecular weight excluding hydrogens is 743 g/mol. The van der Waals surface area contributed by atoms with Gasteiger partial charge in [-0.1, -0.05) is 49.9 Å². The number of aromatic nitrogens is 2. The van der Waals surface area contributed by atoms with E-state index in [1.54, 1.807) is 12.1 Å². The molecule has 6 rings (SSSR count). The minimum absolute atomic E-state index is 0.0362. The van der Waals surface area contributed by atoms with Gasteiger partial charge in [-0.2, -0.15) is 0 Å². The van der Waals surface area contributed by atoms with E-state index in [1.165, 1.54) is 6.07 Å². The van der Waals surface area contributed by atoms with Gasteiger partial charge in [0, 0.05) is 65.1 Å². The zero-order chi connectivity index (χ0) is 40.8. The van der Waals surface area contributed by atoms with Gasteiger partial charge in [0.2, 0.25) is 0 Å². The van der Waals surface area contributed by atoms with Crippen LogP contribution < -0.4 is 31.6 Å². The number of carbonyl (C=O) groups excluding carboxylic acids is 1. The Labute approximate surface area is 332 Å². The van der Waals surface area contributed by atoms with Crippen LogP contribution in [-0.2, 0) is 38.8 Å². The molecule has 4 heterocycles. The molecule has 0 spiro atoms. The smallest absolute Gasteiger partial charge is 0.335 e. The molecule has 13 heteroatoms. The van der Waals surface area contributed by atoms with Crippen LogP contribution in [0.4, 0.5) is 0 Å². The first-order chi connectivity index (χ1) is 25.8. The topological polar surface area (TPSA) is 177 Å². The van der Waals surface area contributed by atoms with E-state index in [-0.39, 0.29) is 40.3 Å². The second-order valence-corrected chi connectivity index (χ2v) is 16.0. The van der Waals surface area contributed by atoms with Crippen molar-refractivity contribution < 1.29 is 24.2 Å². The largest absolute Gasteiger partial charge is 0.486 e. The first-order valence-electron chi connectivity index (χ1n) is 18.5. The van der Waals surface area contributed by atoms with Gasteiger partial charge in [-0.05, 0) is 102 Å². The molecule has 4 aromatic rings. The number of benzene rings is 2. The molecule has 1 amide bonds. The average Bonchev–Trinajstić information content (AvgIpc) is 3.58. The zero-order valence-corrected chi connectivity index (χ0v) is 34.4. The molecule has 0 atom stereocenters. The number of H-pyrrole nitrogens is 2. The summed E-state index contributed by atoms with van der Waals surface area (Å²) >= 11 is 12.3. The van der Waals surface area contributed by atoms with Crippen LogP contribution in [-0.4, -0.2) is 38.2 Å². The second kappa shape index (κ2) is 17.9. The third-order valence-electron chi connectivity index (χ3n) is 9.13.